The SMILES string of the molecule is C[C@H]1[C@H]2[C@@H](c3ccc(Cl)cc3)[C@H](c3ccc(Cl)cc3Cl)CC[C@@]2(O)C(=O)N1C(=O)OC(C)(C)C. The number of amides is 2. The van der Waals surface area contributed by atoms with Crippen molar-refractivity contribution in [2.45, 2.75) is 69.6 Å². The van der Waals surface area contributed by atoms with E-state index in [4.69, 9.17) is 39.5 Å². The van der Waals surface area contributed by atoms with E-state index in [9.17, 15) is 14.7 Å². The first-order valence-corrected chi connectivity index (χ1v) is 12.5. The highest BCUT2D eigenvalue weighted by Gasteiger charge is 2.64. The molecular formula is C26H28Cl3NO4. The Balaban J connectivity index is 1.83. The first-order valence-electron chi connectivity index (χ1n) is 11.3. The highest BCUT2D eigenvalue weighted by Crippen LogP contribution is 2.57. The van der Waals surface area contributed by atoms with Gasteiger partial charge in [-0.3, -0.25) is 4.79 Å². The van der Waals surface area contributed by atoms with Gasteiger partial charge in [0, 0.05) is 27.0 Å². The number of hydrogen-bond acceptors (Lipinski definition) is 4. The van der Waals surface area contributed by atoms with Crippen LogP contribution in [0.5, 0.6) is 0 Å². The van der Waals surface area contributed by atoms with Crippen LogP contribution < -0.4 is 0 Å². The number of halogens is 3. The number of ether oxygens (including phenoxy) is 1. The second kappa shape index (κ2) is 9.02. The van der Waals surface area contributed by atoms with E-state index in [0.29, 0.717) is 21.5 Å². The Morgan fingerprint density at radius 1 is 1.09 bits per heavy atom. The van der Waals surface area contributed by atoms with E-state index in [1.54, 1.807) is 52.0 Å². The Labute approximate surface area is 214 Å². The molecule has 2 aliphatic rings. The van der Waals surface area contributed by atoms with Crippen LogP contribution in [0, 0.1) is 5.92 Å². The van der Waals surface area contributed by atoms with Crippen LogP contribution >= 0.6 is 34.8 Å². The van der Waals surface area contributed by atoms with Crippen molar-refractivity contribution in [3.05, 3.63) is 68.7 Å². The van der Waals surface area contributed by atoms with Crippen molar-refractivity contribution in [1.29, 1.82) is 0 Å². The van der Waals surface area contributed by atoms with Gasteiger partial charge in [0.15, 0.2) is 0 Å². The fourth-order valence-corrected chi connectivity index (χ4v) is 6.28. The van der Waals surface area contributed by atoms with E-state index in [0.717, 1.165) is 16.0 Å². The highest BCUT2D eigenvalue weighted by atomic mass is 35.5. The van der Waals surface area contributed by atoms with Gasteiger partial charge in [0.25, 0.3) is 5.91 Å². The summed E-state index contributed by atoms with van der Waals surface area (Å²) in [5.74, 6) is -1.59. The van der Waals surface area contributed by atoms with E-state index >= 15 is 0 Å². The Kier molecular flexibility index (Phi) is 6.71. The third kappa shape index (κ3) is 4.44. The molecule has 4 rings (SSSR count). The van der Waals surface area contributed by atoms with Crippen LogP contribution in [0.4, 0.5) is 4.79 Å². The molecule has 1 saturated heterocycles. The molecule has 2 fully saturated rings. The lowest BCUT2D eigenvalue weighted by Crippen LogP contribution is -2.50. The van der Waals surface area contributed by atoms with Gasteiger partial charge >= 0.3 is 6.09 Å². The van der Waals surface area contributed by atoms with Gasteiger partial charge in [-0.1, -0.05) is 53.0 Å². The van der Waals surface area contributed by atoms with Crippen LogP contribution in [0.3, 0.4) is 0 Å². The molecule has 182 valence electrons. The average molecular weight is 525 g/mol. The first kappa shape index (κ1) is 25.3. The van der Waals surface area contributed by atoms with Crippen molar-refractivity contribution in [2.75, 3.05) is 0 Å². The van der Waals surface area contributed by atoms with Gasteiger partial charge in [0.2, 0.25) is 0 Å². The lowest BCUT2D eigenvalue weighted by molar-refractivity contribution is -0.148. The number of carbonyl (C=O) groups is 2. The molecule has 34 heavy (non-hydrogen) atoms. The van der Waals surface area contributed by atoms with Crippen LogP contribution in [0.2, 0.25) is 15.1 Å². The summed E-state index contributed by atoms with van der Waals surface area (Å²) in [4.78, 5) is 27.6. The summed E-state index contributed by atoms with van der Waals surface area (Å²) in [6, 6.07) is 12.2. The number of likely N-dealkylation sites (tertiary alicyclic amines) is 1. The van der Waals surface area contributed by atoms with Crippen LogP contribution in [0.1, 0.15) is 63.5 Å². The molecule has 2 aromatic carbocycles. The standard InChI is InChI=1S/C26H28Cl3NO4/c1-14-22-21(15-5-7-16(27)8-6-15)19(18-10-9-17(28)13-20(18)29)11-12-26(22,33)23(31)30(14)24(32)34-25(2,3)4/h5-10,13-14,19,21-22,33H,11-12H2,1-4H3/t14-,19-,21-,22-,26-/m0/s1. The molecule has 5 nitrogen and oxygen atoms in total. The molecule has 2 aromatic rings. The minimum Gasteiger partial charge on any atom is -0.443 e. The second-order valence-corrected chi connectivity index (χ2v) is 11.5. The van der Waals surface area contributed by atoms with Crippen molar-refractivity contribution in [2.24, 2.45) is 5.92 Å². The maximum absolute atomic E-state index is 13.5. The largest absolute Gasteiger partial charge is 0.443 e. The van der Waals surface area contributed by atoms with Crippen molar-refractivity contribution < 1.29 is 19.4 Å². The number of nitrogens with zero attached hydrogens (tertiary/aromatic N) is 1. The van der Waals surface area contributed by atoms with Crippen LogP contribution in [0.15, 0.2) is 42.5 Å². The Hall–Kier alpha value is -1.79. The number of imide groups is 1. The molecule has 0 radical (unpaired) electrons. The summed E-state index contributed by atoms with van der Waals surface area (Å²) in [5, 5.41) is 13.4. The first-order chi connectivity index (χ1) is 15.8. The minimum atomic E-state index is -1.70. The number of hydrogen-bond donors (Lipinski definition) is 1. The van der Waals surface area contributed by atoms with E-state index in [1.807, 2.05) is 18.2 Å². The zero-order chi connectivity index (χ0) is 25.0. The molecule has 1 heterocycles. The van der Waals surface area contributed by atoms with Gasteiger partial charge in [-0.15, -0.1) is 0 Å². The van der Waals surface area contributed by atoms with Crippen molar-refractivity contribution in [1.82, 2.24) is 4.90 Å². The number of aliphatic hydroxyl groups is 1. The molecule has 0 spiro atoms. The maximum atomic E-state index is 13.5. The molecule has 0 bridgehead atoms. The van der Waals surface area contributed by atoms with Crippen molar-refractivity contribution in [3.63, 3.8) is 0 Å². The highest BCUT2D eigenvalue weighted by molar-refractivity contribution is 6.35. The Morgan fingerprint density at radius 2 is 1.71 bits per heavy atom. The van der Waals surface area contributed by atoms with Gasteiger partial charge in [-0.05, 0) is 87.8 Å². The molecular weight excluding hydrogens is 497 g/mol. The van der Waals surface area contributed by atoms with E-state index in [2.05, 4.69) is 0 Å². The summed E-state index contributed by atoms with van der Waals surface area (Å²) in [5.41, 5.74) is -0.670. The maximum Gasteiger partial charge on any atom is 0.417 e. The van der Waals surface area contributed by atoms with E-state index in [1.165, 1.54) is 0 Å². The molecule has 1 aliphatic carbocycles. The number of benzene rings is 2. The average Bonchev–Trinajstić information content (AvgIpc) is 2.93. The Morgan fingerprint density at radius 3 is 2.29 bits per heavy atom. The van der Waals surface area contributed by atoms with Crippen LogP contribution in [0.25, 0.3) is 0 Å². The molecule has 1 N–H and O–H groups in total. The molecule has 1 saturated carbocycles. The van der Waals surface area contributed by atoms with Crippen molar-refractivity contribution in [3.8, 4) is 0 Å². The normalized spacial score (nSPS) is 29.2. The third-order valence-corrected chi connectivity index (χ3v) is 7.75. The summed E-state index contributed by atoms with van der Waals surface area (Å²) < 4.78 is 5.52. The summed E-state index contributed by atoms with van der Waals surface area (Å²) in [6.07, 6.45) is -0.0420. The van der Waals surface area contributed by atoms with Gasteiger partial charge < -0.3 is 9.84 Å². The van der Waals surface area contributed by atoms with E-state index in [-0.39, 0.29) is 18.3 Å². The molecule has 5 atom stereocenters. The molecule has 2 amide bonds. The monoisotopic (exact) mass is 523 g/mol. The topological polar surface area (TPSA) is 66.8 Å². The summed E-state index contributed by atoms with van der Waals surface area (Å²) in [6.45, 7) is 7.02. The van der Waals surface area contributed by atoms with Crippen LogP contribution in [-0.2, 0) is 9.53 Å². The predicted molar refractivity (Wildman–Crippen MR) is 134 cm³/mol. The number of fused-ring (bicyclic) bond motifs is 1. The summed E-state index contributed by atoms with van der Waals surface area (Å²) >= 11 is 18.9. The Bertz CT molecular complexity index is 1110. The third-order valence-electron chi connectivity index (χ3n) is 6.93. The molecule has 1 aliphatic heterocycles. The fraction of sp³-hybridized carbons (Fsp3) is 0.462. The molecule has 8 heteroatoms. The lowest BCUT2D eigenvalue weighted by atomic mass is 9.60. The smallest absolute Gasteiger partial charge is 0.417 e. The predicted octanol–water partition coefficient (Wildman–Crippen LogP) is 6.82. The lowest BCUT2D eigenvalue weighted by Gasteiger charge is -2.45. The van der Waals surface area contributed by atoms with Gasteiger partial charge in [0.1, 0.15) is 11.2 Å². The molecule has 0 unspecified atom stereocenters. The van der Waals surface area contributed by atoms with E-state index < -0.39 is 35.2 Å². The summed E-state index contributed by atoms with van der Waals surface area (Å²) in [7, 11) is 0. The zero-order valence-electron chi connectivity index (χ0n) is 19.5. The van der Waals surface area contributed by atoms with Gasteiger partial charge in [-0.25, -0.2) is 9.69 Å². The fourth-order valence-electron chi connectivity index (χ4n) is 5.61. The quantitative estimate of drug-likeness (QED) is 0.468. The minimum absolute atomic E-state index is 0.106. The zero-order valence-corrected chi connectivity index (χ0v) is 21.8. The molecule has 0 aromatic heterocycles. The van der Waals surface area contributed by atoms with Crippen LogP contribution in [-0.4, -0.2) is 39.3 Å². The second-order valence-electron chi connectivity index (χ2n) is 10.2. The number of rotatable bonds is 2. The van der Waals surface area contributed by atoms with Crippen molar-refractivity contribution >= 4 is 46.8 Å². The van der Waals surface area contributed by atoms with Gasteiger partial charge in [0.05, 0.1) is 0 Å². The number of carbonyl (C=O) groups excluding carboxylic acids is 2. The van der Waals surface area contributed by atoms with Gasteiger partial charge in [-0.2, -0.15) is 0 Å².